The van der Waals surface area contributed by atoms with Crippen LogP contribution in [-0.4, -0.2) is 13.0 Å². The molecular weight excluding hydrogens is 314 g/mol. The number of thiophene rings is 1. The lowest BCUT2D eigenvalue weighted by Crippen LogP contribution is -2.10. The number of hydrogen-bond donors (Lipinski definition) is 1. The highest BCUT2D eigenvalue weighted by atomic mass is 79.9. The molecule has 1 amide bonds. The van der Waals surface area contributed by atoms with Gasteiger partial charge >= 0.3 is 0 Å². The molecule has 3 nitrogen and oxygen atoms in total. The fourth-order valence-corrected chi connectivity index (χ4v) is 2.79. The van der Waals surface area contributed by atoms with E-state index in [-0.39, 0.29) is 5.91 Å². The molecule has 0 aliphatic carbocycles. The Kier molecular flexibility index (Phi) is 4.04. The highest BCUT2D eigenvalue weighted by Crippen LogP contribution is 2.26. The van der Waals surface area contributed by atoms with Crippen LogP contribution in [0.2, 0.25) is 0 Å². The smallest absolute Gasteiger partial charge is 0.265 e. The van der Waals surface area contributed by atoms with Crippen LogP contribution in [-0.2, 0) is 0 Å². The maximum absolute atomic E-state index is 12.0. The summed E-state index contributed by atoms with van der Waals surface area (Å²) in [5.74, 6) is 0.570. The second-order valence-electron chi connectivity index (χ2n) is 3.79. The van der Waals surface area contributed by atoms with Gasteiger partial charge in [-0.25, -0.2) is 0 Å². The van der Waals surface area contributed by atoms with E-state index in [1.165, 1.54) is 11.3 Å². The van der Waals surface area contributed by atoms with Crippen molar-refractivity contribution in [3.05, 3.63) is 44.6 Å². The van der Waals surface area contributed by atoms with Crippen molar-refractivity contribution in [2.45, 2.75) is 6.92 Å². The third-order valence-electron chi connectivity index (χ3n) is 2.41. The van der Waals surface area contributed by atoms with Crippen LogP contribution in [0.4, 0.5) is 5.69 Å². The van der Waals surface area contributed by atoms with Gasteiger partial charge < -0.3 is 10.1 Å². The SMILES string of the molecule is COc1csc(C(=O)Nc2ccc(C)cc2Br)c1. The van der Waals surface area contributed by atoms with E-state index in [2.05, 4.69) is 21.2 Å². The van der Waals surface area contributed by atoms with Gasteiger partial charge in [0.1, 0.15) is 5.75 Å². The molecule has 0 unspecified atom stereocenters. The molecule has 2 rings (SSSR count). The number of methoxy groups -OCH3 is 1. The number of carbonyl (C=O) groups excluding carboxylic acids is 1. The largest absolute Gasteiger partial charge is 0.496 e. The van der Waals surface area contributed by atoms with Crippen molar-refractivity contribution in [2.75, 3.05) is 12.4 Å². The number of benzene rings is 1. The zero-order chi connectivity index (χ0) is 13.1. The number of amides is 1. The normalized spacial score (nSPS) is 10.2. The predicted molar refractivity (Wildman–Crippen MR) is 77.7 cm³/mol. The summed E-state index contributed by atoms with van der Waals surface area (Å²) in [6, 6.07) is 7.52. The van der Waals surface area contributed by atoms with E-state index >= 15 is 0 Å². The molecule has 1 aromatic heterocycles. The van der Waals surface area contributed by atoms with Crippen molar-refractivity contribution in [3.63, 3.8) is 0 Å². The Morgan fingerprint density at radius 3 is 2.78 bits per heavy atom. The van der Waals surface area contributed by atoms with Crippen molar-refractivity contribution < 1.29 is 9.53 Å². The average Bonchev–Trinajstić information content (AvgIpc) is 2.81. The summed E-state index contributed by atoms with van der Waals surface area (Å²) in [4.78, 5) is 12.6. The van der Waals surface area contributed by atoms with Crippen molar-refractivity contribution in [1.29, 1.82) is 0 Å². The molecule has 0 saturated carbocycles. The molecule has 5 heteroatoms. The van der Waals surface area contributed by atoms with Crippen LogP contribution in [0.25, 0.3) is 0 Å². The number of hydrogen-bond acceptors (Lipinski definition) is 3. The lowest BCUT2D eigenvalue weighted by atomic mass is 10.2. The molecule has 0 fully saturated rings. The minimum absolute atomic E-state index is 0.132. The highest BCUT2D eigenvalue weighted by molar-refractivity contribution is 9.10. The first kappa shape index (κ1) is 13.1. The molecule has 1 N–H and O–H groups in total. The quantitative estimate of drug-likeness (QED) is 0.923. The molecule has 0 atom stereocenters. The second kappa shape index (κ2) is 5.54. The van der Waals surface area contributed by atoms with Gasteiger partial charge in [0.25, 0.3) is 5.91 Å². The van der Waals surface area contributed by atoms with Crippen LogP contribution in [0.5, 0.6) is 5.75 Å². The molecular formula is C13H12BrNO2S. The molecule has 0 aliphatic heterocycles. The lowest BCUT2D eigenvalue weighted by Gasteiger charge is -2.06. The standard InChI is InChI=1S/C13H12BrNO2S/c1-8-3-4-11(10(14)5-8)15-13(16)12-6-9(17-2)7-18-12/h3-7H,1-2H3,(H,15,16). The molecule has 0 saturated heterocycles. The number of halogens is 1. The van der Waals surface area contributed by atoms with Gasteiger partial charge in [-0.1, -0.05) is 6.07 Å². The molecule has 0 radical (unpaired) electrons. The number of nitrogens with one attached hydrogen (secondary N) is 1. The fourth-order valence-electron chi connectivity index (χ4n) is 1.45. The Morgan fingerprint density at radius 1 is 1.39 bits per heavy atom. The maximum Gasteiger partial charge on any atom is 0.265 e. The van der Waals surface area contributed by atoms with Gasteiger partial charge in [0.2, 0.25) is 0 Å². The maximum atomic E-state index is 12.0. The number of aryl methyl sites for hydroxylation is 1. The molecule has 1 aromatic carbocycles. The minimum Gasteiger partial charge on any atom is -0.496 e. The lowest BCUT2D eigenvalue weighted by molar-refractivity contribution is 0.103. The predicted octanol–water partition coefficient (Wildman–Crippen LogP) is 4.08. The topological polar surface area (TPSA) is 38.3 Å². The van der Waals surface area contributed by atoms with Crippen LogP contribution in [0.15, 0.2) is 34.1 Å². The van der Waals surface area contributed by atoms with Gasteiger partial charge in [0, 0.05) is 15.9 Å². The highest BCUT2D eigenvalue weighted by Gasteiger charge is 2.11. The van der Waals surface area contributed by atoms with E-state index in [1.807, 2.05) is 25.1 Å². The van der Waals surface area contributed by atoms with Crippen molar-refractivity contribution in [1.82, 2.24) is 0 Å². The third kappa shape index (κ3) is 2.91. The van der Waals surface area contributed by atoms with Crippen molar-refractivity contribution >= 4 is 38.9 Å². The van der Waals surface area contributed by atoms with Gasteiger partial charge in [-0.05, 0) is 40.5 Å². The molecule has 2 aromatic rings. The summed E-state index contributed by atoms with van der Waals surface area (Å²) in [7, 11) is 1.58. The Bertz CT molecular complexity index is 580. The summed E-state index contributed by atoms with van der Waals surface area (Å²) in [6.07, 6.45) is 0. The molecule has 0 spiro atoms. The average molecular weight is 326 g/mol. The zero-order valence-electron chi connectivity index (χ0n) is 9.99. The minimum atomic E-state index is -0.132. The zero-order valence-corrected chi connectivity index (χ0v) is 12.4. The van der Waals surface area contributed by atoms with E-state index in [0.29, 0.717) is 10.6 Å². The number of anilines is 1. The molecule has 0 aliphatic rings. The summed E-state index contributed by atoms with van der Waals surface area (Å²) in [5.41, 5.74) is 1.90. The number of ether oxygens (including phenoxy) is 1. The van der Waals surface area contributed by atoms with Gasteiger partial charge in [-0.15, -0.1) is 11.3 Å². The summed E-state index contributed by atoms with van der Waals surface area (Å²) < 4.78 is 5.93. The first-order chi connectivity index (χ1) is 8.60. The molecule has 18 heavy (non-hydrogen) atoms. The van der Waals surface area contributed by atoms with E-state index in [9.17, 15) is 4.79 Å². The van der Waals surface area contributed by atoms with E-state index in [0.717, 1.165) is 15.7 Å². The van der Waals surface area contributed by atoms with Crippen LogP contribution in [0, 0.1) is 6.92 Å². The monoisotopic (exact) mass is 325 g/mol. The van der Waals surface area contributed by atoms with Gasteiger partial charge in [0.05, 0.1) is 17.7 Å². The van der Waals surface area contributed by atoms with Crippen molar-refractivity contribution in [3.8, 4) is 5.75 Å². The summed E-state index contributed by atoms with van der Waals surface area (Å²) >= 11 is 4.79. The van der Waals surface area contributed by atoms with Crippen LogP contribution in [0.3, 0.4) is 0 Å². The molecule has 0 bridgehead atoms. The van der Waals surface area contributed by atoms with Gasteiger partial charge in [-0.2, -0.15) is 0 Å². The third-order valence-corrected chi connectivity index (χ3v) is 3.97. The molecule has 94 valence electrons. The van der Waals surface area contributed by atoms with E-state index < -0.39 is 0 Å². The Morgan fingerprint density at radius 2 is 2.17 bits per heavy atom. The van der Waals surface area contributed by atoms with E-state index in [1.54, 1.807) is 18.6 Å². The van der Waals surface area contributed by atoms with Gasteiger partial charge in [-0.3, -0.25) is 4.79 Å². The Hall–Kier alpha value is -1.33. The number of carbonyl (C=O) groups is 1. The Labute approximate surface area is 118 Å². The van der Waals surface area contributed by atoms with Crippen LogP contribution < -0.4 is 10.1 Å². The van der Waals surface area contributed by atoms with Crippen molar-refractivity contribution in [2.24, 2.45) is 0 Å². The summed E-state index contributed by atoms with van der Waals surface area (Å²) in [6.45, 7) is 2.00. The number of rotatable bonds is 3. The molecule has 1 heterocycles. The Balaban J connectivity index is 2.16. The first-order valence-corrected chi connectivity index (χ1v) is 6.97. The second-order valence-corrected chi connectivity index (χ2v) is 5.55. The van der Waals surface area contributed by atoms with Crippen LogP contribution in [0.1, 0.15) is 15.2 Å². The first-order valence-electron chi connectivity index (χ1n) is 5.30. The fraction of sp³-hybridized carbons (Fsp3) is 0.154. The summed E-state index contributed by atoms with van der Waals surface area (Å²) in [5, 5.41) is 4.66. The van der Waals surface area contributed by atoms with Gasteiger partial charge in [0.15, 0.2) is 0 Å². The van der Waals surface area contributed by atoms with E-state index in [4.69, 9.17) is 4.74 Å². The van der Waals surface area contributed by atoms with Crippen LogP contribution >= 0.6 is 27.3 Å².